The Balaban J connectivity index is 2.11. The van der Waals surface area contributed by atoms with Gasteiger partial charge in [-0.05, 0) is 24.9 Å². The van der Waals surface area contributed by atoms with Crippen molar-refractivity contribution in [3.05, 3.63) is 0 Å². The highest BCUT2D eigenvalue weighted by molar-refractivity contribution is 7.98. The van der Waals surface area contributed by atoms with Crippen molar-refractivity contribution in [2.45, 2.75) is 18.9 Å². The number of hydrogen-bond acceptors (Lipinski definition) is 4. The van der Waals surface area contributed by atoms with Crippen LogP contribution in [-0.4, -0.2) is 43.7 Å². The number of amides is 1. The van der Waals surface area contributed by atoms with Crippen molar-refractivity contribution in [3.63, 3.8) is 0 Å². The van der Waals surface area contributed by atoms with E-state index in [2.05, 4.69) is 5.32 Å². The van der Waals surface area contributed by atoms with Gasteiger partial charge >= 0.3 is 0 Å². The minimum atomic E-state index is -0.361. The summed E-state index contributed by atoms with van der Waals surface area (Å²) >= 11 is 1.71. The number of rotatable bonds is 6. The van der Waals surface area contributed by atoms with Gasteiger partial charge in [0, 0.05) is 19.1 Å². The third kappa shape index (κ3) is 4.86. The molecule has 2 atom stereocenters. The zero-order valence-electron chi connectivity index (χ0n) is 9.20. The summed E-state index contributed by atoms with van der Waals surface area (Å²) in [5, 5.41) is 2.88. The van der Waals surface area contributed by atoms with Crippen LogP contribution < -0.4 is 11.1 Å². The topological polar surface area (TPSA) is 64.4 Å². The van der Waals surface area contributed by atoms with E-state index in [9.17, 15) is 4.79 Å². The van der Waals surface area contributed by atoms with Crippen LogP contribution in [0.2, 0.25) is 0 Å². The minimum absolute atomic E-state index is 0.0315. The summed E-state index contributed by atoms with van der Waals surface area (Å²) in [5.41, 5.74) is 5.73. The van der Waals surface area contributed by atoms with Crippen LogP contribution in [0.5, 0.6) is 0 Å². The van der Waals surface area contributed by atoms with E-state index in [1.54, 1.807) is 11.8 Å². The van der Waals surface area contributed by atoms with E-state index >= 15 is 0 Å². The molecule has 0 aromatic carbocycles. The number of carbonyl (C=O) groups excluding carboxylic acids is 1. The number of hydrogen-bond donors (Lipinski definition) is 2. The van der Waals surface area contributed by atoms with Crippen LogP contribution in [0.1, 0.15) is 12.8 Å². The average molecular weight is 232 g/mol. The molecule has 5 heteroatoms. The number of nitrogens with two attached hydrogens (primary N) is 1. The van der Waals surface area contributed by atoms with Gasteiger partial charge in [0.2, 0.25) is 5.91 Å². The molecule has 0 aromatic rings. The van der Waals surface area contributed by atoms with E-state index in [1.807, 2.05) is 6.26 Å². The average Bonchev–Trinajstić information content (AvgIpc) is 2.75. The Morgan fingerprint density at radius 2 is 2.53 bits per heavy atom. The quantitative estimate of drug-likeness (QED) is 0.687. The van der Waals surface area contributed by atoms with E-state index < -0.39 is 0 Å². The summed E-state index contributed by atoms with van der Waals surface area (Å²) in [5.74, 6) is 1.37. The van der Waals surface area contributed by atoms with E-state index in [0.717, 1.165) is 31.8 Å². The fraction of sp³-hybridized carbons (Fsp3) is 0.900. The molecule has 1 rings (SSSR count). The maximum Gasteiger partial charge on any atom is 0.236 e. The van der Waals surface area contributed by atoms with Gasteiger partial charge < -0.3 is 15.8 Å². The van der Waals surface area contributed by atoms with Crippen LogP contribution in [0.3, 0.4) is 0 Å². The first-order chi connectivity index (χ1) is 7.24. The molecule has 4 nitrogen and oxygen atoms in total. The molecule has 1 aliphatic rings. The molecule has 0 bridgehead atoms. The lowest BCUT2D eigenvalue weighted by Gasteiger charge is -2.13. The summed E-state index contributed by atoms with van der Waals surface area (Å²) in [6.45, 7) is 2.28. The van der Waals surface area contributed by atoms with E-state index in [1.165, 1.54) is 0 Å². The highest BCUT2D eigenvalue weighted by atomic mass is 32.2. The van der Waals surface area contributed by atoms with Gasteiger partial charge in [-0.15, -0.1) is 0 Å². The van der Waals surface area contributed by atoms with Gasteiger partial charge in [0.1, 0.15) is 0 Å². The zero-order valence-corrected chi connectivity index (χ0v) is 10.0. The van der Waals surface area contributed by atoms with Crippen molar-refractivity contribution in [2.24, 2.45) is 11.7 Å². The molecule has 3 N–H and O–H groups in total. The molecule has 1 heterocycles. The molecule has 0 aliphatic carbocycles. The zero-order chi connectivity index (χ0) is 11.1. The summed E-state index contributed by atoms with van der Waals surface area (Å²) in [7, 11) is 0. The lowest BCUT2D eigenvalue weighted by molar-refractivity contribution is -0.122. The number of ether oxygens (including phenoxy) is 1. The lowest BCUT2D eigenvalue weighted by atomic mass is 10.1. The van der Waals surface area contributed by atoms with Gasteiger partial charge in [-0.2, -0.15) is 11.8 Å². The molecule has 1 aliphatic heterocycles. The van der Waals surface area contributed by atoms with E-state index in [0.29, 0.717) is 12.5 Å². The van der Waals surface area contributed by atoms with Gasteiger partial charge in [-0.1, -0.05) is 0 Å². The predicted molar refractivity (Wildman–Crippen MR) is 62.9 cm³/mol. The van der Waals surface area contributed by atoms with Crippen LogP contribution in [0.4, 0.5) is 0 Å². The van der Waals surface area contributed by atoms with Crippen molar-refractivity contribution < 1.29 is 9.53 Å². The van der Waals surface area contributed by atoms with Crippen LogP contribution in [0.25, 0.3) is 0 Å². The maximum atomic E-state index is 11.5. The normalized spacial score (nSPS) is 22.7. The molecule has 1 fully saturated rings. The smallest absolute Gasteiger partial charge is 0.236 e. The fourth-order valence-electron chi connectivity index (χ4n) is 1.50. The molecular weight excluding hydrogens is 212 g/mol. The number of nitrogens with one attached hydrogen (secondary N) is 1. The third-order valence-electron chi connectivity index (χ3n) is 2.56. The predicted octanol–water partition coefficient (Wildman–Crippen LogP) is 0.220. The Kier molecular flexibility index (Phi) is 6.05. The van der Waals surface area contributed by atoms with E-state index in [-0.39, 0.29) is 11.9 Å². The molecule has 88 valence electrons. The second-order valence-corrected chi connectivity index (χ2v) is 4.85. The number of carbonyl (C=O) groups is 1. The van der Waals surface area contributed by atoms with E-state index in [4.69, 9.17) is 10.5 Å². The largest absolute Gasteiger partial charge is 0.381 e. The summed E-state index contributed by atoms with van der Waals surface area (Å²) in [4.78, 5) is 11.5. The molecule has 0 aromatic heterocycles. The Hall–Kier alpha value is -0.260. The highest BCUT2D eigenvalue weighted by Gasteiger charge is 2.18. The fourth-order valence-corrected chi connectivity index (χ4v) is 1.99. The van der Waals surface area contributed by atoms with Gasteiger partial charge in [0.15, 0.2) is 0 Å². The first-order valence-corrected chi connectivity index (χ1v) is 6.73. The Morgan fingerprint density at radius 1 is 1.73 bits per heavy atom. The van der Waals surface area contributed by atoms with Gasteiger partial charge in [0.25, 0.3) is 0 Å². The van der Waals surface area contributed by atoms with Crippen LogP contribution >= 0.6 is 11.8 Å². The summed E-state index contributed by atoms with van der Waals surface area (Å²) < 4.78 is 5.23. The monoisotopic (exact) mass is 232 g/mol. The van der Waals surface area contributed by atoms with Crippen molar-refractivity contribution in [3.8, 4) is 0 Å². The maximum absolute atomic E-state index is 11.5. The highest BCUT2D eigenvalue weighted by Crippen LogP contribution is 2.10. The number of thioether (sulfide) groups is 1. The van der Waals surface area contributed by atoms with Crippen LogP contribution in [0.15, 0.2) is 0 Å². The molecule has 1 amide bonds. The van der Waals surface area contributed by atoms with Gasteiger partial charge in [0.05, 0.1) is 12.6 Å². The molecule has 1 saturated heterocycles. The molecule has 0 saturated carbocycles. The first-order valence-electron chi connectivity index (χ1n) is 5.34. The minimum Gasteiger partial charge on any atom is -0.381 e. The molecule has 0 spiro atoms. The van der Waals surface area contributed by atoms with Crippen molar-refractivity contribution in [1.82, 2.24) is 5.32 Å². The van der Waals surface area contributed by atoms with Crippen molar-refractivity contribution >= 4 is 17.7 Å². The SMILES string of the molecule is CSCC[C@@H](N)C(=O)NCC1CCOC1. The first kappa shape index (κ1) is 12.8. The Labute approximate surface area is 95.3 Å². The molecule has 1 unspecified atom stereocenters. The molecule has 0 radical (unpaired) electrons. The van der Waals surface area contributed by atoms with Crippen LogP contribution in [-0.2, 0) is 9.53 Å². The second kappa shape index (κ2) is 7.09. The summed E-state index contributed by atoms with van der Waals surface area (Å²) in [6, 6.07) is -0.361. The van der Waals surface area contributed by atoms with Gasteiger partial charge in [-0.25, -0.2) is 0 Å². The van der Waals surface area contributed by atoms with Crippen molar-refractivity contribution in [1.29, 1.82) is 0 Å². The summed E-state index contributed by atoms with van der Waals surface area (Å²) in [6.07, 6.45) is 3.80. The molecular formula is C10H20N2O2S. The van der Waals surface area contributed by atoms with Crippen molar-refractivity contribution in [2.75, 3.05) is 31.8 Å². The standard InChI is InChI=1S/C10H20N2O2S/c1-15-5-3-9(11)10(13)12-6-8-2-4-14-7-8/h8-9H,2-7,11H2,1H3,(H,12,13)/t8?,9-/m1/s1. The lowest BCUT2D eigenvalue weighted by Crippen LogP contribution is -2.42. The molecule has 15 heavy (non-hydrogen) atoms. The van der Waals surface area contributed by atoms with Gasteiger partial charge in [-0.3, -0.25) is 4.79 Å². The second-order valence-electron chi connectivity index (χ2n) is 3.86. The Bertz CT molecular complexity index is 196. The van der Waals surface area contributed by atoms with Crippen LogP contribution in [0, 0.1) is 5.92 Å². The Morgan fingerprint density at radius 3 is 3.13 bits per heavy atom. The third-order valence-corrected chi connectivity index (χ3v) is 3.20.